The minimum absolute atomic E-state index is 0. The van der Waals surface area contributed by atoms with Gasteiger partial charge in [0.1, 0.15) is 0 Å². The molecule has 0 aliphatic carbocycles. The van der Waals surface area contributed by atoms with Gasteiger partial charge in [-0.3, -0.25) is 19.3 Å². The molecule has 0 aliphatic rings. The molecule has 1 unspecified atom stereocenters. The molecule has 0 saturated heterocycles. The molecular weight excluding hydrogens is 361 g/mol. The minimum atomic E-state index is -1.73. The summed E-state index contributed by atoms with van der Waals surface area (Å²) >= 11 is 0. The molecule has 2 amide bonds. The standard InChI is InChI=1S/C19H29NO6.Na/c1-4-6-8-10-12-16(21)20(17(22)13-11-9-7-5-2)15(19(24)25)14-18(23)26-3;/h10-13,15H,4-9,14H2,1-3H3,(H,24,25);/q;+1/p-1/b12-10+,13-11+;. The molecule has 0 aromatic rings. The Morgan fingerprint density at radius 1 is 0.963 bits per heavy atom. The Labute approximate surface area is 183 Å². The summed E-state index contributed by atoms with van der Waals surface area (Å²) in [6.45, 7) is 3.99. The van der Waals surface area contributed by atoms with Gasteiger partial charge in [0.05, 0.1) is 25.5 Å². The summed E-state index contributed by atoms with van der Waals surface area (Å²) in [4.78, 5) is 48.2. The average molecular weight is 389 g/mol. The molecule has 146 valence electrons. The van der Waals surface area contributed by atoms with Gasteiger partial charge >= 0.3 is 35.5 Å². The Morgan fingerprint density at radius 2 is 1.41 bits per heavy atom. The molecule has 0 fully saturated rings. The third kappa shape index (κ3) is 11.8. The van der Waals surface area contributed by atoms with E-state index in [2.05, 4.69) is 4.74 Å². The first kappa shape index (κ1) is 27.8. The van der Waals surface area contributed by atoms with Crippen molar-refractivity contribution in [1.82, 2.24) is 4.90 Å². The van der Waals surface area contributed by atoms with Gasteiger partial charge in [-0.1, -0.05) is 51.7 Å². The van der Waals surface area contributed by atoms with E-state index in [1.165, 1.54) is 0 Å². The molecule has 0 aromatic heterocycles. The molecule has 0 N–H and O–H groups in total. The molecule has 0 aliphatic heterocycles. The van der Waals surface area contributed by atoms with Crippen LogP contribution >= 0.6 is 0 Å². The zero-order valence-corrected chi connectivity index (χ0v) is 18.7. The van der Waals surface area contributed by atoms with Crippen molar-refractivity contribution in [1.29, 1.82) is 0 Å². The second kappa shape index (κ2) is 16.7. The molecule has 8 heteroatoms. The van der Waals surface area contributed by atoms with Crippen molar-refractivity contribution in [3.05, 3.63) is 24.3 Å². The summed E-state index contributed by atoms with van der Waals surface area (Å²) in [5, 5.41) is 11.4. The van der Waals surface area contributed by atoms with Crippen LogP contribution in [0.3, 0.4) is 0 Å². The van der Waals surface area contributed by atoms with Crippen LogP contribution in [0.25, 0.3) is 0 Å². The van der Waals surface area contributed by atoms with Crippen LogP contribution in [0.15, 0.2) is 24.3 Å². The van der Waals surface area contributed by atoms with E-state index < -0.39 is 36.2 Å². The number of ether oxygens (including phenoxy) is 1. The van der Waals surface area contributed by atoms with Crippen molar-refractivity contribution < 1.29 is 58.6 Å². The van der Waals surface area contributed by atoms with E-state index in [0.717, 1.165) is 44.9 Å². The average Bonchev–Trinajstić information content (AvgIpc) is 2.61. The third-order valence-corrected chi connectivity index (χ3v) is 3.62. The predicted molar refractivity (Wildman–Crippen MR) is 94.6 cm³/mol. The Kier molecular flexibility index (Phi) is 17.2. The molecule has 27 heavy (non-hydrogen) atoms. The Balaban J connectivity index is 0. The van der Waals surface area contributed by atoms with E-state index in [-0.39, 0.29) is 29.6 Å². The smallest absolute Gasteiger partial charge is 0.548 e. The van der Waals surface area contributed by atoms with Crippen LogP contribution in [-0.2, 0) is 23.9 Å². The number of carboxylic acids is 1. The number of carboxylic acid groups (broad SMARTS) is 1. The van der Waals surface area contributed by atoms with E-state index in [1.807, 2.05) is 13.8 Å². The second-order valence-corrected chi connectivity index (χ2v) is 5.75. The van der Waals surface area contributed by atoms with Crippen LogP contribution in [0.1, 0.15) is 58.8 Å². The molecule has 0 bridgehead atoms. The molecule has 0 rings (SSSR count). The number of unbranched alkanes of at least 4 members (excludes halogenated alkanes) is 4. The number of rotatable bonds is 12. The number of hydrogen-bond donors (Lipinski definition) is 0. The SMILES string of the molecule is CCCC/C=C/C(=O)N(C(=O)/C=C/CCCC)C(CC(=O)OC)C(=O)[O-].[Na+]. The van der Waals surface area contributed by atoms with Gasteiger partial charge in [-0.15, -0.1) is 0 Å². The Morgan fingerprint density at radius 3 is 1.74 bits per heavy atom. The summed E-state index contributed by atoms with van der Waals surface area (Å²) < 4.78 is 4.45. The zero-order valence-electron chi connectivity index (χ0n) is 16.7. The van der Waals surface area contributed by atoms with Gasteiger partial charge in [-0.25, -0.2) is 0 Å². The largest absolute Gasteiger partial charge is 1.00 e. The molecule has 0 saturated carbocycles. The van der Waals surface area contributed by atoms with Crippen molar-refractivity contribution in [2.75, 3.05) is 7.11 Å². The molecule has 0 radical (unpaired) electrons. The normalized spacial score (nSPS) is 11.8. The van der Waals surface area contributed by atoms with Crippen molar-refractivity contribution in [2.45, 2.75) is 64.8 Å². The van der Waals surface area contributed by atoms with Crippen molar-refractivity contribution in [2.24, 2.45) is 0 Å². The van der Waals surface area contributed by atoms with Crippen LogP contribution in [0, 0.1) is 0 Å². The third-order valence-electron chi connectivity index (χ3n) is 3.62. The van der Waals surface area contributed by atoms with Gasteiger partial charge in [0.2, 0.25) is 0 Å². The van der Waals surface area contributed by atoms with Crippen molar-refractivity contribution in [3.8, 4) is 0 Å². The molecule has 1 atom stereocenters. The van der Waals surface area contributed by atoms with Crippen LogP contribution < -0.4 is 34.7 Å². The Bertz CT molecular complexity index is 514. The van der Waals surface area contributed by atoms with E-state index in [4.69, 9.17) is 0 Å². The second-order valence-electron chi connectivity index (χ2n) is 5.75. The number of aliphatic carboxylic acids is 1. The summed E-state index contributed by atoms with van der Waals surface area (Å²) in [5.41, 5.74) is 0. The number of allylic oxidation sites excluding steroid dienone is 2. The number of hydrogen-bond acceptors (Lipinski definition) is 6. The van der Waals surface area contributed by atoms with Crippen LogP contribution in [0.2, 0.25) is 0 Å². The van der Waals surface area contributed by atoms with E-state index >= 15 is 0 Å². The minimum Gasteiger partial charge on any atom is -0.548 e. The monoisotopic (exact) mass is 389 g/mol. The zero-order chi connectivity index (χ0) is 19.9. The van der Waals surface area contributed by atoms with Gasteiger partial charge in [-0.05, 0) is 25.0 Å². The predicted octanol–water partition coefficient (Wildman–Crippen LogP) is -1.48. The van der Waals surface area contributed by atoms with Gasteiger partial charge in [0.15, 0.2) is 0 Å². The molecule has 0 spiro atoms. The van der Waals surface area contributed by atoms with Gasteiger partial charge in [-0.2, -0.15) is 0 Å². The first-order chi connectivity index (χ1) is 12.4. The Hall–Kier alpha value is -1.44. The molecule has 0 heterocycles. The summed E-state index contributed by atoms with van der Waals surface area (Å²) in [6.07, 6.45) is 9.66. The fourth-order valence-electron chi connectivity index (χ4n) is 2.11. The maximum Gasteiger partial charge on any atom is 1.00 e. The van der Waals surface area contributed by atoms with Crippen LogP contribution in [0.4, 0.5) is 0 Å². The topological polar surface area (TPSA) is 104 Å². The van der Waals surface area contributed by atoms with Crippen molar-refractivity contribution in [3.63, 3.8) is 0 Å². The quantitative estimate of drug-likeness (QED) is 0.175. The first-order valence-corrected chi connectivity index (χ1v) is 8.86. The van der Waals surface area contributed by atoms with E-state index in [1.54, 1.807) is 12.2 Å². The van der Waals surface area contributed by atoms with Crippen LogP contribution in [0.5, 0.6) is 0 Å². The first-order valence-electron chi connectivity index (χ1n) is 8.86. The maximum atomic E-state index is 12.4. The summed E-state index contributed by atoms with van der Waals surface area (Å²) in [6, 6.07) is -1.73. The fourth-order valence-corrected chi connectivity index (χ4v) is 2.11. The number of nitrogens with zero attached hydrogens (tertiary/aromatic N) is 1. The number of carbonyl (C=O) groups is 4. The molecular formula is C19H28NNaO6. The van der Waals surface area contributed by atoms with Gasteiger partial charge < -0.3 is 14.6 Å². The summed E-state index contributed by atoms with van der Waals surface area (Å²) in [7, 11) is 1.10. The van der Waals surface area contributed by atoms with Gasteiger partial charge in [0, 0.05) is 0 Å². The number of methoxy groups -OCH3 is 1. The van der Waals surface area contributed by atoms with E-state index in [9.17, 15) is 24.3 Å². The van der Waals surface area contributed by atoms with Crippen LogP contribution in [-0.4, -0.2) is 41.8 Å². The number of amides is 2. The maximum absolute atomic E-state index is 12.4. The van der Waals surface area contributed by atoms with Crippen molar-refractivity contribution >= 4 is 23.8 Å². The van der Waals surface area contributed by atoms with Gasteiger partial charge in [0.25, 0.3) is 11.8 Å². The molecule has 7 nitrogen and oxygen atoms in total. The summed E-state index contributed by atoms with van der Waals surface area (Å²) in [5.74, 6) is -4.15. The number of esters is 1. The fraction of sp³-hybridized carbons (Fsp3) is 0.579. The number of carbonyl (C=O) groups excluding carboxylic acids is 4. The number of imide groups is 1. The van der Waals surface area contributed by atoms with E-state index in [0.29, 0.717) is 17.7 Å². The molecule has 0 aromatic carbocycles.